The number of nitrogens with zero attached hydrogens (tertiary/aromatic N) is 1. The Kier molecular flexibility index (Phi) is 5.63. The Morgan fingerprint density at radius 1 is 1.22 bits per heavy atom. The van der Waals surface area contributed by atoms with Gasteiger partial charge < -0.3 is 5.32 Å². The number of carbonyl (C=O) groups excluding carboxylic acids is 1. The highest BCUT2D eigenvalue weighted by molar-refractivity contribution is 8.00. The van der Waals surface area contributed by atoms with Gasteiger partial charge in [0.05, 0.1) is 21.4 Å². The van der Waals surface area contributed by atoms with Crippen LogP contribution in [0.3, 0.4) is 0 Å². The molecule has 2 rings (SSSR count). The summed E-state index contributed by atoms with van der Waals surface area (Å²) in [5.41, 5.74) is 2.63. The molecule has 2 aromatic rings. The lowest BCUT2D eigenvalue weighted by atomic mass is 10.1. The number of hydrogen-bond donors (Lipinski definition) is 1. The molecule has 1 N–H and O–H groups in total. The highest BCUT2D eigenvalue weighted by Crippen LogP contribution is 2.27. The average molecular weight is 351 g/mol. The van der Waals surface area contributed by atoms with Crippen LogP contribution in [0.15, 0.2) is 41.3 Å². The smallest absolute Gasteiger partial charge is 0.271 e. The van der Waals surface area contributed by atoms with Crippen molar-refractivity contribution in [2.75, 3.05) is 11.1 Å². The van der Waals surface area contributed by atoms with Crippen LogP contribution in [-0.2, 0) is 4.79 Å². The van der Waals surface area contributed by atoms with Gasteiger partial charge in [-0.15, -0.1) is 11.8 Å². The van der Waals surface area contributed by atoms with Gasteiger partial charge in [-0.05, 0) is 43.2 Å². The van der Waals surface area contributed by atoms with Gasteiger partial charge in [0, 0.05) is 17.0 Å². The Morgan fingerprint density at radius 2 is 1.96 bits per heavy atom. The van der Waals surface area contributed by atoms with E-state index in [1.165, 1.54) is 41.1 Å². The van der Waals surface area contributed by atoms with E-state index in [0.717, 1.165) is 4.90 Å². The summed E-state index contributed by atoms with van der Waals surface area (Å²) in [7, 11) is 0. The van der Waals surface area contributed by atoms with Gasteiger partial charge in [-0.1, -0.05) is 17.7 Å². The van der Waals surface area contributed by atoms with Crippen molar-refractivity contribution in [3.63, 3.8) is 0 Å². The molecule has 1 amide bonds. The molecular formula is C16H15ClN2O3S. The van der Waals surface area contributed by atoms with Gasteiger partial charge in [0.15, 0.2) is 0 Å². The lowest BCUT2D eigenvalue weighted by Gasteiger charge is -2.08. The molecule has 0 aliphatic rings. The zero-order valence-electron chi connectivity index (χ0n) is 12.6. The number of benzene rings is 2. The number of nitro benzene ring substituents is 1. The number of non-ortho nitro benzene ring substituents is 1. The quantitative estimate of drug-likeness (QED) is 0.486. The molecule has 120 valence electrons. The molecule has 0 saturated heterocycles. The molecule has 0 radical (unpaired) electrons. The van der Waals surface area contributed by atoms with Crippen LogP contribution in [0.25, 0.3) is 0 Å². The van der Waals surface area contributed by atoms with Crippen LogP contribution in [0, 0.1) is 24.0 Å². The highest BCUT2D eigenvalue weighted by atomic mass is 35.5. The van der Waals surface area contributed by atoms with Gasteiger partial charge in [-0.25, -0.2) is 0 Å². The van der Waals surface area contributed by atoms with Crippen molar-refractivity contribution in [2.24, 2.45) is 0 Å². The van der Waals surface area contributed by atoms with Gasteiger partial charge >= 0.3 is 0 Å². The normalized spacial score (nSPS) is 10.4. The van der Waals surface area contributed by atoms with E-state index in [2.05, 4.69) is 5.32 Å². The topological polar surface area (TPSA) is 72.2 Å². The number of aryl methyl sites for hydroxylation is 2. The van der Waals surface area contributed by atoms with Crippen LogP contribution in [-0.4, -0.2) is 16.6 Å². The minimum atomic E-state index is -0.535. The van der Waals surface area contributed by atoms with Crippen LogP contribution in [0.1, 0.15) is 11.1 Å². The fourth-order valence-electron chi connectivity index (χ4n) is 1.86. The number of carbonyl (C=O) groups is 1. The second kappa shape index (κ2) is 7.48. The molecule has 2 aromatic carbocycles. The van der Waals surface area contributed by atoms with Crippen molar-refractivity contribution in [2.45, 2.75) is 18.7 Å². The van der Waals surface area contributed by atoms with Gasteiger partial charge in [0.25, 0.3) is 5.69 Å². The Bertz CT molecular complexity index is 765. The number of halogens is 1. The van der Waals surface area contributed by atoms with Crippen molar-refractivity contribution >= 4 is 40.6 Å². The van der Waals surface area contributed by atoms with E-state index in [1.807, 2.05) is 32.0 Å². The van der Waals surface area contributed by atoms with Gasteiger partial charge in [0.2, 0.25) is 5.91 Å². The lowest BCUT2D eigenvalue weighted by molar-refractivity contribution is -0.384. The highest BCUT2D eigenvalue weighted by Gasteiger charge is 2.11. The van der Waals surface area contributed by atoms with E-state index in [9.17, 15) is 14.9 Å². The summed E-state index contributed by atoms with van der Waals surface area (Å²) < 4.78 is 0. The van der Waals surface area contributed by atoms with Crippen LogP contribution in [0.5, 0.6) is 0 Å². The number of thioether (sulfide) groups is 1. The number of anilines is 1. The van der Waals surface area contributed by atoms with Crippen molar-refractivity contribution in [3.05, 3.63) is 62.7 Å². The Morgan fingerprint density at radius 3 is 2.57 bits per heavy atom. The molecular weight excluding hydrogens is 336 g/mol. The molecule has 0 bridgehead atoms. The van der Waals surface area contributed by atoms with Crippen LogP contribution in [0.2, 0.25) is 5.02 Å². The summed E-state index contributed by atoms with van der Waals surface area (Å²) in [5, 5.41) is 13.5. The Balaban J connectivity index is 1.97. The molecule has 5 nitrogen and oxygen atoms in total. The lowest BCUT2D eigenvalue weighted by Crippen LogP contribution is -2.14. The summed E-state index contributed by atoms with van der Waals surface area (Å²) in [4.78, 5) is 23.1. The molecule has 0 aromatic heterocycles. The third-order valence-corrected chi connectivity index (χ3v) is 4.59. The van der Waals surface area contributed by atoms with Crippen LogP contribution < -0.4 is 5.32 Å². The molecule has 0 spiro atoms. The predicted octanol–water partition coefficient (Wildman–Crippen LogP) is 4.60. The van der Waals surface area contributed by atoms with Gasteiger partial charge in [0.1, 0.15) is 0 Å². The van der Waals surface area contributed by atoms with Crippen molar-refractivity contribution in [1.29, 1.82) is 0 Å². The van der Waals surface area contributed by atoms with Gasteiger partial charge in [-0.3, -0.25) is 14.9 Å². The summed E-state index contributed by atoms with van der Waals surface area (Å²) in [6.45, 7) is 4.06. The standard InChI is InChI=1S/C16H15ClN2O3S/c1-10-3-5-13(7-11(10)2)23-9-16(20)18-15-6-4-12(19(21)22)8-14(15)17/h3-8H,9H2,1-2H3,(H,18,20). The van der Waals surface area contributed by atoms with Gasteiger partial charge in [-0.2, -0.15) is 0 Å². The average Bonchev–Trinajstić information content (AvgIpc) is 2.50. The van der Waals surface area contributed by atoms with E-state index in [-0.39, 0.29) is 22.4 Å². The monoisotopic (exact) mass is 350 g/mol. The van der Waals surface area contributed by atoms with Crippen molar-refractivity contribution < 1.29 is 9.72 Å². The molecule has 0 unspecified atom stereocenters. The number of nitro groups is 1. The second-order valence-electron chi connectivity index (χ2n) is 5.00. The molecule has 23 heavy (non-hydrogen) atoms. The number of rotatable bonds is 5. The number of hydrogen-bond acceptors (Lipinski definition) is 4. The first-order valence-electron chi connectivity index (χ1n) is 6.80. The summed E-state index contributed by atoms with van der Waals surface area (Å²) in [6, 6.07) is 9.97. The third-order valence-electron chi connectivity index (χ3n) is 3.29. The van der Waals surface area contributed by atoms with E-state index in [0.29, 0.717) is 5.69 Å². The number of nitrogens with one attached hydrogen (secondary N) is 1. The zero-order valence-corrected chi connectivity index (χ0v) is 14.2. The van der Waals surface area contributed by atoms with Crippen LogP contribution >= 0.6 is 23.4 Å². The first-order chi connectivity index (χ1) is 10.9. The molecule has 0 atom stereocenters. The van der Waals surface area contributed by atoms with Crippen molar-refractivity contribution in [1.82, 2.24) is 0 Å². The minimum absolute atomic E-state index is 0.113. The third kappa shape index (κ3) is 4.71. The fraction of sp³-hybridized carbons (Fsp3) is 0.188. The molecule has 0 fully saturated rings. The molecule has 7 heteroatoms. The largest absolute Gasteiger partial charge is 0.324 e. The summed E-state index contributed by atoms with van der Waals surface area (Å²) in [5.74, 6) is 0.0134. The molecule has 0 aliphatic heterocycles. The predicted molar refractivity (Wildman–Crippen MR) is 93.4 cm³/mol. The Hall–Kier alpha value is -2.05. The van der Waals surface area contributed by atoms with Crippen molar-refractivity contribution in [3.8, 4) is 0 Å². The molecule has 0 aliphatic carbocycles. The molecule has 0 heterocycles. The first kappa shape index (κ1) is 17.3. The maximum Gasteiger partial charge on any atom is 0.271 e. The second-order valence-corrected chi connectivity index (χ2v) is 6.46. The maximum absolute atomic E-state index is 12.0. The van der Waals surface area contributed by atoms with Crippen LogP contribution in [0.4, 0.5) is 11.4 Å². The number of amides is 1. The summed E-state index contributed by atoms with van der Waals surface area (Å²) >= 11 is 7.37. The van der Waals surface area contributed by atoms with E-state index >= 15 is 0 Å². The minimum Gasteiger partial charge on any atom is -0.324 e. The SMILES string of the molecule is Cc1ccc(SCC(=O)Nc2ccc([N+](=O)[O-])cc2Cl)cc1C. The Labute approximate surface area is 143 Å². The summed E-state index contributed by atoms with van der Waals surface area (Å²) in [6.07, 6.45) is 0. The van der Waals surface area contributed by atoms with E-state index in [4.69, 9.17) is 11.6 Å². The zero-order chi connectivity index (χ0) is 17.0. The maximum atomic E-state index is 12.0. The molecule has 0 saturated carbocycles. The fourth-order valence-corrected chi connectivity index (χ4v) is 2.87. The van der Waals surface area contributed by atoms with E-state index < -0.39 is 4.92 Å². The van der Waals surface area contributed by atoms with E-state index in [1.54, 1.807) is 0 Å². The first-order valence-corrected chi connectivity index (χ1v) is 8.17.